The first kappa shape index (κ1) is 17.0. The van der Waals surface area contributed by atoms with Gasteiger partial charge in [0.25, 0.3) is 0 Å². The number of hydrogen-bond acceptors (Lipinski definition) is 7. The van der Waals surface area contributed by atoms with E-state index in [1.165, 1.54) is 0 Å². The molecule has 1 saturated heterocycles. The molecule has 0 saturated carbocycles. The van der Waals surface area contributed by atoms with Gasteiger partial charge in [0.15, 0.2) is 11.4 Å². The Morgan fingerprint density at radius 3 is 3.11 bits per heavy atom. The summed E-state index contributed by atoms with van der Waals surface area (Å²) in [6, 6.07) is 11.3. The van der Waals surface area contributed by atoms with E-state index in [1.54, 1.807) is 17.8 Å². The van der Waals surface area contributed by atoms with Crippen LogP contribution in [0.2, 0.25) is 0 Å². The number of nitrogens with one attached hydrogen (secondary N) is 1. The van der Waals surface area contributed by atoms with Gasteiger partial charge in [0.2, 0.25) is 5.88 Å². The van der Waals surface area contributed by atoms with Gasteiger partial charge in [-0.25, -0.2) is 9.50 Å². The number of ether oxygens (including phenoxy) is 3. The Labute approximate surface area is 161 Å². The van der Waals surface area contributed by atoms with E-state index < -0.39 is 0 Å². The Hall–Kier alpha value is -3.10. The van der Waals surface area contributed by atoms with Crippen molar-refractivity contribution in [2.24, 2.45) is 0 Å². The third kappa shape index (κ3) is 3.06. The summed E-state index contributed by atoms with van der Waals surface area (Å²) < 4.78 is 24.6. The van der Waals surface area contributed by atoms with Gasteiger partial charge < -0.3 is 23.9 Å². The molecule has 0 radical (unpaired) electrons. The van der Waals surface area contributed by atoms with Crippen molar-refractivity contribution >= 4 is 16.6 Å². The van der Waals surface area contributed by atoms with Gasteiger partial charge in [0.1, 0.15) is 29.7 Å². The van der Waals surface area contributed by atoms with Crippen LogP contribution in [0.1, 0.15) is 0 Å². The van der Waals surface area contributed by atoms with Gasteiger partial charge in [-0.2, -0.15) is 0 Å². The fourth-order valence-corrected chi connectivity index (χ4v) is 3.34. The summed E-state index contributed by atoms with van der Waals surface area (Å²) in [5, 5.41) is 8.77. The van der Waals surface area contributed by atoms with Crippen molar-refractivity contribution in [1.29, 1.82) is 0 Å². The zero-order chi connectivity index (χ0) is 18.9. The summed E-state index contributed by atoms with van der Waals surface area (Å²) in [6.45, 7) is 2.79. The van der Waals surface area contributed by atoms with Crippen molar-refractivity contribution in [2.45, 2.75) is 6.10 Å². The predicted octanol–water partition coefficient (Wildman–Crippen LogP) is 2.52. The monoisotopic (exact) mass is 380 g/mol. The second kappa shape index (κ2) is 7.14. The number of aromatic nitrogens is 3. The highest BCUT2D eigenvalue weighted by Gasteiger charge is 2.17. The third-order valence-electron chi connectivity index (χ3n) is 4.75. The van der Waals surface area contributed by atoms with E-state index >= 15 is 0 Å². The lowest BCUT2D eigenvalue weighted by Crippen LogP contribution is -2.41. The molecule has 1 aliphatic rings. The van der Waals surface area contributed by atoms with Crippen molar-refractivity contribution in [3.63, 3.8) is 0 Å². The number of morpholine rings is 1. The predicted molar refractivity (Wildman–Crippen MR) is 103 cm³/mol. The van der Waals surface area contributed by atoms with E-state index in [0.717, 1.165) is 35.5 Å². The smallest absolute Gasteiger partial charge is 0.231 e. The number of furan rings is 1. The normalized spacial score (nSPS) is 17.2. The highest BCUT2D eigenvalue weighted by Crippen LogP contribution is 2.33. The minimum atomic E-state index is 0.0244. The number of hydrogen-bond donors (Lipinski definition) is 1. The van der Waals surface area contributed by atoms with Crippen LogP contribution in [-0.2, 0) is 4.74 Å². The van der Waals surface area contributed by atoms with Crippen molar-refractivity contribution in [3.8, 4) is 23.1 Å². The summed E-state index contributed by atoms with van der Waals surface area (Å²) in [5.41, 5.74) is 2.21. The Balaban J connectivity index is 1.46. The minimum absolute atomic E-state index is 0.0244. The molecule has 1 aromatic carbocycles. The molecule has 3 aromatic heterocycles. The quantitative estimate of drug-likeness (QED) is 0.570. The van der Waals surface area contributed by atoms with Gasteiger partial charge in [-0.3, -0.25) is 0 Å². The molecule has 8 nitrogen and oxygen atoms in total. The zero-order valence-corrected chi connectivity index (χ0v) is 15.4. The molecule has 0 unspecified atom stereocenters. The molecule has 5 rings (SSSR count). The van der Waals surface area contributed by atoms with E-state index in [0.29, 0.717) is 30.5 Å². The van der Waals surface area contributed by atoms with Gasteiger partial charge in [-0.05, 0) is 24.3 Å². The van der Waals surface area contributed by atoms with E-state index in [1.807, 2.05) is 36.4 Å². The van der Waals surface area contributed by atoms with Crippen LogP contribution in [0, 0.1) is 0 Å². The van der Waals surface area contributed by atoms with Crippen LogP contribution in [0.4, 0.5) is 0 Å². The SMILES string of the molecule is COc1cccc2oc(-c3cnc4ccc(OC[C@H]5CNCCO5)nn34)cc12. The number of benzene rings is 1. The average molecular weight is 380 g/mol. The number of fused-ring (bicyclic) bond motifs is 2. The lowest BCUT2D eigenvalue weighted by atomic mass is 10.2. The van der Waals surface area contributed by atoms with Gasteiger partial charge in [-0.1, -0.05) is 6.07 Å². The zero-order valence-electron chi connectivity index (χ0n) is 15.4. The Morgan fingerprint density at radius 2 is 2.25 bits per heavy atom. The molecule has 4 heterocycles. The number of rotatable bonds is 5. The number of imidazole rings is 1. The second-order valence-corrected chi connectivity index (χ2v) is 6.58. The standard InChI is InChI=1S/C20H20N4O4/c1-25-16-3-2-4-17-14(16)9-18(28-17)15-11-22-19-5-6-20(23-24(15)19)27-12-13-10-21-7-8-26-13/h2-6,9,11,13,21H,7-8,10,12H2,1H3/t13-/m1/s1. The summed E-state index contributed by atoms with van der Waals surface area (Å²) in [6.07, 6.45) is 1.76. The van der Waals surface area contributed by atoms with Crippen LogP contribution < -0.4 is 14.8 Å². The van der Waals surface area contributed by atoms with E-state index in [-0.39, 0.29) is 6.10 Å². The molecule has 8 heteroatoms. The second-order valence-electron chi connectivity index (χ2n) is 6.58. The molecule has 1 aliphatic heterocycles. The fraction of sp³-hybridized carbons (Fsp3) is 0.300. The van der Waals surface area contributed by atoms with Crippen molar-refractivity contribution in [2.75, 3.05) is 33.4 Å². The molecule has 0 amide bonds. The molecule has 28 heavy (non-hydrogen) atoms. The summed E-state index contributed by atoms with van der Waals surface area (Å²) in [5.74, 6) is 1.94. The van der Waals surface area contributed by atoms with Crippen LogP contribution in [0.3, 0.4) is 0 Å². The lowest BCUT2D eigenvalue weighted by molar-refractivity contribution is -0.000968. The Morgan fingerprint density at radius 1 is 1.29 bits per heavy atom. The van der Waals surface area contributed by atoms with Gasteiger partial charge in [-0.15, -0.1) is 5.10 Å². The molecular formula is C20H20N4O4. The van der Waals surface area contributed by atoms with Gasteiger partial charge >= 0.3 is 0 Å². The number of nitrogens with zero attached hydrogens (tertiary/aromatic N) is 3. The molecule has 4 aromatic rings. The molecule has 0 bridgehead atoms. The topological polar surface area (TPSA) is 83.1 Å². The highest BCUT2D eigenvalue weighted by atomic mass is 16.5. The van der Waals surface area contributed by atoms with E-state index in [4.69, 9.17) is 18.6 Å². The molecule has 0 aliphatic carbocycles. The molecule has 1 fully saturated rings. The maximum Gasteiger partial charge on any atom is 0.231 e. The summed E-state index contributed by atoms with van der Waals surface area (Å²) in [4.78, 5) is 4.42. The molecule has 0 spiro atoms. The highest BCUT2D eigenvalue weighted by molar-refractivity contribution is 5.88. The lowest BCUT2D eigenvalue weighted by Gasteiger charge is -2.23. The Kier molecular flexibility index (Phi) is 4.34. The first-order chi connectivity index (χ1) is 13.8. The third-order valence-corrected chi connectivity index (χ3v) is 4.75. The summed E-state index contributed by atoms with van der Waals surface area (Å²) >= 11 is 0. The summed E-state index contributed by atoms with van der Waals surface area (Å²) in [7, 11) is 1.65. The minimum Gasteiger partial charge on any atom is -0.496 e. The van der Waals surface area contributed by atoms with Gasteiger partial charge in [0, 0.05) is 19.2 Å². The van der Waals surface area contributed by atoms with Crippen LogP contribution in [0.15, 0.2) is 47.0 Å². The first-order valence-corrected chi connectivity index (χ1v) is 9.18. The fourth-order valence-electron chi connectivity index (χ4n) is 3.34. The van der Waals surface area contributed by atoms with Crippen molar-refractivity contribution < 1.29 is 18.6 Å². The maximum atomic E-state index is 6.01. The van der Waals surface area contributed by atoms with Crippen LogP contribution in [-0.4, -0.2) is 54.1 Å². The van der Waals surface area contributed by atoms with Crippen LogP contribution >= 0.6 is 0 Å². The van der Waals surface area contributed by atoms with Crippen LogP contribution in [0.25, 0.3) is 28.1 Å². The first-order valence-electron chi connectivity index (χ1n) is 9.18. The molecular weight excluding hydrogens is 360 g/mol. The maximum absolute atomic E-state index is 6.01. The Bertz CT molecular complexity index is 1110. The van der Waals surface area contributed by atoms with Gasteiger partial charge in [0.05, 0.1) is 25.3 Å². The molecule has 144 valence electrons. The average Bonchev–Trinajstić information content (AvgIpc) is 3.36. The molecule has 1 N–H and O–H groups in total. The largest absolute Gasteiger partial charge is 0.496 e. The van der Waals surface area contributed by atoms with E-state index in [9.17, 15) is 0 Å². The van der Waals surface area contributed by atoms with E-state index in [2.05, 4.69) is 15.4 Å². The van der Waals surface area contributed by atoms with Crippen molar-refractivity contribution in [3.05, 3.63) is 42.6 Å². The number of methoxy groups -OCH3 is 1. The molecule has 1 atom stereocenters. The van der Waals surface area contributed by atoms with Crippen LogP contribution in [0.5, 0.6) is 11.6 Å². The van der Waals surface area contributed by atoms with Crippen molar-refractivity contribution in [1.82, 2.24) is 19.9 Å².